The molecule has 0 unspecified atom stereocenters. The van der Waals surface area contributed by atoms with E-state index in [2.05, 4.69) is 12.6 Å². The number of carbonyl (C=O) groups is 1. The van der Waals surface area contributed by atoms with Crippen LogP contribution in [-0.4, -0.2) is 42.9 Å². The van der Waals surface area contributed by atoms with Gasteiger partial charge in [0, 0.05) is 19.7 Å². The van der Waals surface area contributed by atoms with E-state index in [-0.39, 0.29) is 17.7 Å². The lowest BCUT2D eigenvalue weighted by atomic mass is 10.3. The maximum atomic E-state index is 11.3. The molecule has 0 saturated heterocycles. The summed E-state index contributed by atoms with van der Waals surface area (Å²) in [6.45, 7) is 5.19. The number of methoxy groups -OCH3 is 1. The molecule has 0 atom stereocenters. The Hall–Kier alpha value is -0.220. The second-order valence-electron chi connectivity index (χ2n) is 2.83. The first kappa shape index (κ1) is 11.8. The molecule has 72 valence electrons. The van der Waals surface area contributed by atoms with E-state index >= 15 is 0 Å². The molecule has 0 fully saturated rings. The van der Waals surface area contributed by atoms with Crippen molar-refractivity contribution < 1.29 is 9.53 Å². The fourth-order valence-electron chi connectivity index (χ4n) is 0.951. The Morgan fingerprint density at radius 3 is 2.50 bits per heavy atom. The third-order valence-electron chi connectivity index (χ3n) is 1.62. The van der Waals surface area contributed by atoms with Crippen LogP contribution in [0.4, 0.5) is 0 Å². The van der Waals surface area contributed by atoms with Crippen LogP contribution < -0.4 is 0 Å². The van der Waals surface area contributed by atoms with Crippen LogP contribution in [0.5, 0.6) is 0 Å². The number of hydrogen-bond acceptors (Lipinski definition) is 3. The zero-order valence-corrected chi connectivity index (χ0v) is 8.80. The van der Waals surface area contributed by atoms with Gasteiger partial charge >= 0.3 is 0 Å². The van der Waals surface area contributed by atoms with E-state index in [1.54, 1.807) is 12.0 Å². The van der Waals surface area contributed by atoms with Crippen LogP contribution in [-0.2, 0) is 9.53 Å². The quantitative estimate of drug-likeness (QED) is 0.651. The van der Waals surface area contributed by atoms with E-state index in [0.717, 1.165) is 0 Å². The van der Waals surface area contributed by atoms with E-state index in [0.29, 0.717) is 13.2 Å². The molecule has 12 heavy (non-hydrogen) atoms. The predicted octanol–water partition coefficient (Wildman–Crippen LogP) is 0.800. The van der Waals surface area contributed by atoms with Gasteiger partial charge in [0.05, 0.1) is 12.4 Å². The standard InChI is InChI=1S/C8H17NO2S/c1-7(2)9(4-5-11-3)8(10)6-12/h7,12H,4-6H2,1-3H3. The molecule has 4 heteroatoms. The fraction of sp³-hybridized carbons (Fsp3) is 0.875. The Labute approximate surface area is 79.5 Å². The largest absolute Gasteiger partial charge is 0.383 e. The van der Waals surface area contributed by atoms with Crippen LogP contribution in [0.15, 0.2) is 0 Å². The van der Waals surface area contributed by atoms with Gasteiger partial charge in [-0.05, 0) is 13.8 Å². The van der Waals surface area contributed by atoms with Gasteiger partial charge in [-0.3, -0.25) is 4.79 Å². The van der Waals surface area contributed by atoms with Gasteiger partial charge < -0.3 is 9.64 Å². The topological polar surface area (TPSA) is 29.5 Å². The van der Waals surface area contributed by atoms with Crippen molar-refractivity contribution in [1.82, 2.24) is 4.90 Å². The van der Waals surface area contributed by atoms with Gasteiger partial charge in [-0.15, -0.1) is 0 Å². The van der Waals surface area contributed by atoms with Crippen molar-refractivity contribution >= 4 is 18.5 Å². The molecule has 0 radical (unpaired) electrons. The molecule has 0 rings (SSSR count). The molecule has 0 heterocycles. The lowest BCUT2D eigenvalue weighted by Gasteiger charge is -2.25. The minimum atomic E-state index is 0.0605. The molecule has 0 aromatic heterocycles. The zero-order chi connectivity index (χ0) is 9.56. The molecule has 0 aromatic rings. The monoisotopic (exact) mass is 191 g/mol. The number of thiol groups is 1. The second kappa shape index (κ2) is 6.31. The van der Waals surface area contributed by atoms with E-state index < -0.39 is 0 Å². The van der Waals surface area contributed by atoms with Crippen LogP contribution >= 0.6 is 12.6 Å². The van der Waals surface area contributed by atoms with E-state index in [1.165, 1.54) is 0 Å². The smallest absolute Gasteiger partial charge is 0.232 e. The van der Waals surface area contributed by atoms with E-state index in [1.807, 2.05) is 13.8 Å². The summed E-state index contributed by atoms with van der Waals surface area (Å²) in [4.78, 5) is 13.0. The van der Waals surface area contributed by atoms with Gasteiger partial charge in [0.25, 0.3) is 0 Å². The van der Waals surface area contributed by atoms with Crippen LogP contribution in [0.25, 0.3) is 0 Å². The van der Waals surface area contributed by atoms with Crippen molar-refractivity contribution in [3.63, 3.8) is 0 Å². The van der Waals surface area contributed by atoms with E-state index in [4.69, 9.17) is 4.74 Å². The highest BCUT2D eigenvalue weighted by molar-refractivity contribution is 7.81. The molecule has 1 amide bonds. The van der Waals surface area contributed by atoms with Crippen LogP contribution in [0.1, 0.15) is 13.8 Å². The second-order valence-corrected chi connectivity index (χ2v) is 3.15. The molecule has 0 N–H and O–H groups in total. The van der Waals surface area contributed by atoms with Gasteiger partial charge in [-0.2, -0.15) is 12.6 Å². The maximum Gasteiger partial charge on any atom is 0.232 e. The Morgan fingerprint density at radius 2 is 2.17 bits per heavy atom. The van der Waals surface area contributed by atoms with Crippen LogP contribution in [0, 0.1) is 0 Å². The number of hydrogen-bond donors (Lipinski definition) is 1. The van der Waals surface area contributed by atoms with Gasteiger partial charge in [-0.1, -0.05) is 0 Å². The molecule has 0 aliphatic rings. The number of amides is 1. The van der Waals surface area contributed by atoms with Gasteiger partial charge in [0.15, 0.2) is 0 Å². The highest BCUT2D eigenvalue weighted by Gasteiger charge is 2.14. The van der Waals surface area contributed by atoms with Crippen molar-refractivity contribution in [3.8, 4) is 0 Å². The molecule has 0 saturated carbocycles. The molecule has 3 nitrogen and oxygen atoms in total. The molecular formula is C8H17NO2S. The van der Waals surface area contributed by atoms with Crippen LogP contribution in [0.2, 0.25) is 0 Å². The van der Waals surface area contributed by atoms with Crippen LogP contribution in [0.3, 0.4) is 0 Å². The summed E-state index contributed by atoms with van der Waals surface area (Å²) in [5.41, 5.74) is 0. The number of rotatable bonds is 5. The minimum absolute atomic E-state index is 0.0605. The molecule has 0 bridgehead atoms. The van der Waals surface area contributed by atoms with Crippen molar-refractivity contribution in [2.45, 2.75) is 19.9 Å². The summed E-state index contributed by atoms with van der Waals surface area (Å²) in [5.74, 6) is 0.326. The summed E-state index contributed by atoms with van der Waals surface area (Å²) >= 11 is 3.94. The molecule has 0 aliphatic heterocycles. The Bertz CT molecular complexity index is 139. The first-order chi connectivity index (χ1) is 5.63. The average Bonchev–Trinajstić information content (AvgIpc) is 2.04. The summed E-state index contributed by atoms with van der Waals surface area (Å²) < 4.78 is 4.90. The fourth-order valence-corrected chi connectivity index (χ4v) is 1.13. The highest BCUT2D eigenvalue weighted by Crippen LogP contribution is 1.99. The molecular weight excluding hydrogens is 174 g/mol. The van der Waals surface area contributed by atoms with Crippen molar-refractivity contribution in [2.24, 2.45) is 0 Å². The van der Waals surface area contributed by atoms with Crippen molar-refractivity contribution in [1.29, 1.82) is 0 Å². The van der Waals surface area contributed by atoms with E-state index in [9.17, 15) is 4.79 Å². The lowest BCUT2D eigenvalue weighted by molar-refractivity contribution is -0.130. The number of nitrogens with zero attached hydrogens (tertiary/aromatic N) is 1. The lowest BCUT2D eigenvalue weighted by Crippen LogP contribution is -2.39. The normalized spacial score (nSPS) is 10.4. The summed E-state index contributed by atoms with van der Waals surface area (Å²) in [6, 6.07) is 0.222. The molecule has 0 aromatic carbocycles. The SMILES string of the molecule is COCCN(C(=O)CS)C(C)C. The van der Waals surface area contributed by atoms with Gasteiger partial charge in [0.1, 0.15) is 0 Å². The Balaban J connectivity index is 3.95. The molecule has 0 spiro atoms. The first-order valence-electron chi connectivity index (χ1n) is 4.02. The van der Waals surface area contributed by atoms with Crippen molar-refractivity contribution in [3.05, 3.63) is 0 Å². The molecule has 0 aliphatic carbocycles. The summed E-state index contributed by atoms with van der Waals surface area (Å²) in [6.07, 6.45) is 0. The van der Waals surface area contributed by atoms with Gasteiger partial charge in [-0.25, -0.2) is 0 Å². The van der Waals surface area contributed by atoms with Crippen molar-refractivity contribution in [2.75, 3.05) is 26.0 Å². The average molecular weight is 191 g/mol. The number of carbonyl (C=O) groups excluding carboxylic acids is 1. The first-order valence-corrected chi connectivity index (χ1v) is 4.66. The minimum Gasteiger partial charge on any atom is -0.383 e. The predicted molar refractivity (Wildman–Crippen MR) is 52.6 cm³/mol. The maximum absolute atomic E-state index is 11.3. The summed E-state index contributed by atoms with van der Waals surface area (Å²) in [5, 5.41) is 0. The highest BCUT2D eigenvalue weighted by atomic mass is 32.1. The number of ether oxygens (including phenoxy) is 1. The summed E-state index contributed by atoms with van der Waals surface area (Å²) in [7, 11) is 1.63. The van der Waals surface area contributed by atoms with Gasteiger partial charge in [0.2, 0.25) is 5.91 Å². The Kier molecular flexibility index (Phi) is 6.20. The zero-order valence-electron chi connectivity index (χ0n) is 7.91. The Morgan fingerprint density at radius 1 is 1.58 bits per heavy atom. The third-order valence-corrected chi connectivity index (χ3v) is 1.89. The third kappa shape index (κ3) is 3.97.